The first-order valence-electron chi connectivity index (χ1n) is 12.2. The first-order valence-corrected chi connectivity index (χ1v) is 15.0. The minimum absolute atomic E-state index is 0.0309. The van der Waals surface area contributed by atoms with Crippen LogP contribution < -0.4 is 9.28 Å². The molecule has 0 bridgehead atoms. The van der Waals surface area contributed by atoms with Crippen molar-refractivity contribution < 1.29 is 13.2 Å². The summed E-state index contributed by atoms with van der Waals surface area (Å²) < 4.78 is 28.8. The SMILES string of the molecule is CN=c1sc(CN(C)C)c([N+]2(C(=O)CCS(=O)(=O)c3ccc4cc(Cl)ccc4c3)CCCCC2)n1C. The predicted octanol–water partition coefficient (Wildman–Crippen LogP) is 4.37. The molecule has 0 unspecified atom stereocenters. The summed E-state index contributed by atoms with van der Waals surface area (Å²) in [6.45, 7) is 2.07. The molecule has 2 aromatic carbocycles. The molecule has 2 heterocycles. The van der Waals surface area contributed by atoms with Crippen LogP contribution in [-0.2, 0) is 28.2 Å². The van der Waals surface area contributed by atoms with E-state index in [0.717, 1.165) is 45.5 Å². The molecule has 4 rings (SSSR count). The number of carbonyl (C=O) groups is 1. The Kier molecular flexibility index (Phi) is 8.07. The number of hydrogen-bond acceptors (Lipinski definition) is 6. The number of hydrogen-bond donors (Lipinski definition) is 0. The van der Waals surface area contributed by atoms with Crippen LogP contribution in [0.4, 0.5) is 5.82 Å². The predicted molar refractivity (Wildman–Crippen MR) is 148 cm³/mol. The largest absolute Gasteiger partial charge is 0.321 e. The van der Waals surface area contributed by atoms with E-state index < -0.39 is 9.84 Å². The smallest absolute Gasteiger partial charge is 0.304 e. The van der Waals surface area contributed by atoms with Crippen molar-refractivity contribution in [1.29, 1.82) is 0 Å². The number of quaternary nitrogens is 1. The number of piperidine rings is 1. The van der Waals surface area contributed by atoms with E-state index >= 15 is 0 Å². The number of fused-ring (bicyclic) bond motifs is 1. The summed E-state index contributed by atoms with van der Waals surface area (Å²) in [6, 6.07) is 10.4. The summed E-state index contributed by atoms with van der Waals surface area (Å²) in [5.41, 5.74) is 0. The standard InChI is InChI=1S/C26H34ClN4O3S2/c1-28-26-30(4)25(23(35-26)18-29(2)3)31(13-6-5-7-14-31)24(32)12-15-36(33,34)22-11-9-19-16-21(27)10-8-20(19)17-22/h8-11,16-17H,5-7,12-15,18H2,1-4H3/q+1. The third-order valence-electron chi connectivity index (χ3n) is 6.90. The molecule has 1 fully saturated rings. The van der Waals surface area contributed by atoms with Crippen LogP contribution in [0.15, 0.2) is 46.3 Å². The number of benzene rings is 2. The highest BCUT2D eigenvalue weighted by atomic mass is 35.5. The van der Waals surface area contributed by atoms with Gasteiger partial charge in [-0.1, -0.05) is 35.1 Å². The highest BCUT2D eigenvalue weighted by Crippen LogP contribution is 2.35. The number of amides is 1. The molecule has 3 aromatic rings. The number of aromatic nitrogens is 1. The Bertz CT molecular complexity index is 1450. The molecule has 0 radical (unpaired) electrons. The Morgan fingerprint density at radius 3 is 2.44 bits per heavy atom. The van der Waals surface area contributed by atoms with Gasteiger partial charge < -0.3 is 4.90 Å². The maximum atomic E-state index is 14.0. The molecule has 0 N–H and O–H groups in total. The van der Waals surface area contributed by atoms with Gasteiger partial charge in [-0.25, -0.2) is 17.7 Å². The van der Waals surface area contributed by atoms with E-state index in [1.54, 1.807) is 42.6 Å². The Morgan fingerprint density at radius 1 is 1.11 bits per heavy atom. The van der Waals surface area contributed by atoms with Crippen molar-refractivity contribution in [2.24, 2.45) is 12.0 Å². The van der Waals surface area contributed by atoms with Gasteiger partial charge in [0.1, 0.15) is 4.88 Å². The number of carbonyl (C=O) groups excluding carboxylic acids is 1. The number of likely N-dealkylation sites (tertiary alicyclic amines) is 1. The zero-order valence-electron chi connectivity index (χ0n) is 21.3. The minimum atomic E-state index is -3.64. The zero-order chi connectivity index (χ0) is 26.1. The second-order valence-electron chi connectivity index (χ2n) is 9.74. The molecular formula is C26H34ClN4O3S2+. The molecule has 1 aliphatic heterocycles. The van der Waals surface area contributed by atoms with Crippen LogP contribution in [0, 0.1) is 0 Å². The van der Waals surface area contributed by atoms with Gasteiger partial charge in [0.2, 0.25) is 5.82 Å². The maximum absolute atomic E-state index is 14.0. The quantitative estimate of drug-likeness (QED) is 0.410. The van der Waals surface area contributed by atoms with Gasteiger partial charge in [0.15, 0.2) is 14.6 Å². The van der Waals surface area contributed by atoms with Gasteiger partial charge in [-0.05, 0) is 68.4 Å². The summed E-state index contributed by atoms with van der Waals surface area (Å²) in [4.78, 5) is 22.7. The molecule has 7 nitrogen and oxygen atoms in total. The molecule has 1 aromatic heterocycles. The lowest BCUT2D eigenvalue weighted by atomic mass is 10.1. The lowest BCUT2D eigenvalue weighted by Crippen LogP contribution is -2.59. The average molecular weight is 550 g/mol. The highest BCUT2D eigenvalue weighted by molar-refractivity contribution is 7.91. The first-order chi connectivity index (χ1) is 17.1. The van der Waals surface area contributed by atoms with Crippen LogP contribution in [-0.4, -0.2) is 63.8 Å². The number of sulfone groups is 1. The Morgan fingerprint density at radius 2 is 1.78 bits per heavy atom. The third-order valence-corrected chi connectivity index (χ3v) is 10.0. The van der Waals surface area contributed by atoms with Crippen molar-refractivity contribution in [3.05, 3.63) is 51.1 Å². The minimum Gasteiger partial charge on any atom is -0.304 e. The lowest BCUT2D eigenvalue weighted by Gasteiger charge is -2.39. The van der Waals surface area contributed by atoms with Crippen LogP contribution in [0.5, 0.6) is 0 Å². The van der Waals surface area contributed by atoms with Gasteiger partial charge in [-0.2, -0.15) is 0 Å². The monoisotopic (exact) mass is 549 g/mol. The van der Waals surface area contributed by atoms with Crippen molar-refractivity contribution in [3.63, 3.8) is 0 Å². The summed E-state index contributed by atoms with van der Waals surface area (Å²) in [5, 5.41) is 2.29. The van der Waals surface area contributed by atoms with E-state index in [1.807, 2.05) is 37.8 Å². The molecule has 1 saturated heterocycles. The van der Waals surface area contributed by atoms with Crippen molar-refractivity contribution in [2.75, 3.05) is 40.0 Å². The van der Waals surface area contributed by atoms with E-state index in [4.69, 9.17) is 11.6 Å². The Balaban J connectivity index is 1.66. The molecule has 0 saturated carbocycles. The molecular weight excluding hydrogens is 516 g/mol. The molecule has 194 valence electrons. The maximum Gasteiger partial charge on any atom is 0.321 e. The molecule has 0 spiro atoms. The fourth-order valence-electron chi connectivity index (χ4n) is 5.19. The van der Waals surface area contributed by atoms with Crippen LogP contribution in [0.3, 0.4) is 0 Å². The fourth-order valence-corrected chi connectivity index (χ4v) is 7.89. The average Bonchev–Trinajstić information content (AvgIpc) is 3.17. The summed E-state index contributed by atoms with van der Waals surface area (Å²) >= 11 is 7.67. The first kappa shape index (κ1) is 27.0. The van der Waals surface area contributed by atoms with Crippen LogP contribution >= 0.6 is 22.9 Å². The van der Waals surface area contributed by atoms with E-state index in [9.17, 15) is 13.2 Å². The van der Waals surface area contributed by atoms with Gasteiger partial charge in [-0.3, -0.25) is 9.56 Å². The van der Waals surface area contributed by atoms with Crippen molar-refractivity contribution >= 4 is 55.3 Å². The van der Waals surface area contributed by atoms with Crippen molar-refractivity contribution in [3.8, 4) is 0 Å². The Hall–Kier alpha value is -2.04. The van der Waals surface area contributed by atoms with Crippen LogP contribution in [0.1, 0.15) is 30.6 Å². The molecule has 1 amide bonds. The molecule has 10 heteroatoms. The number of halogens is 1. The number of thiazole rings is 1. The summed E-state index contributed by atoms with van der Waals surface area (Å²) in [7, 11) is 4.12. The summed E-state index contributed by atoms with van der Waals surface area (Å²) in [6.07, 6.45) is 2.91. The second-order valence-corrected chi connectivity index (χ2v) is 13.4. The lowest BCUT2D eigenvalue weighted by molar-refractivity contribution is -0.131. The van der Waals surface area contributed by atoms with Gasteiger partial charge in [0.25, 0.3) is 0 Å². The molecule has 36 heavy (non-hydrogen) atoms. The van der Waals surface area contributed by atoms with E-state index in [1.165, 1.54) is 0 Å². The van der Waals surface area contributed by atoms with Gasteiger partial charge in [0, 0.05) is 25.7 Å². The van der Waals surface area contributed by atoms with Crippen LogP contribution in [0.2, 0.25) is 5.02 Å². The molecule has 1 aliphatic rings. The molecule has 0 aliphatic carbocycles. The van der Waals surface area contributed by atoms with Gasteiger partial charge in [-0.15, -0.1) is 0 Å². The van der Waals surface area contributed by atoms with E-state index in [2.05, 4.69) is 9.89 Å². The number of rotatable bonds is 7. The molecule has 0 atom stereocenters. The summed E-state index contributed by atoms with van der Waals surface area (Å²) in [5.74, 6) is 0.702. The van der Waals surface area contributed by atoms with Gasteiger partial charge in [0.05, 0.1) is 30.2 Å². The third kappa shape index (κ3) is 5.31. The zero-order valence-corrected chi connectivity index (χ0v) is 23.7. The van der Waals surface area contributed by atoms with E-state index in [0.29, 0.717) is 24.7 Å². The van der Waals surface area contributed by atoms with Gasteiger partial charge >= 0.3 is 5.91 Å². The normalized spacial score (nSPS) is 16.7. The van der Waals surface area contributed by atoms with Crippen molar-refractivity contribution in [1.82, 2.24) is 14.0 Å². The highest BCUT2D eigenvalue weighted by Gasteiger charge is 2.45. The van der Waals surface area contributed by atoms with Crippen molar-refractivity contribution in [2.45, 2.75) is 37.1 Å². The number of nitrogens with zero attached hydrogens (tertiary/aromatic N) is 4. The fraction of sp³-hybridized carbons (Fsp3) is 0.462. The van der Waals surface area contributed by atoms with Crippen LogP contribution in [0.25, 0.3) is 10.8 Å². The topological polar surface area (TPSA) is 71.7 Å². The Labute approximate surface area is 222 Å². The van der Waals surface area contributed by atoms with E-state index in [-0.39, 0.29) is 27.5 Å². The second kappa shape index (κ2) is 10.8.